The Balaban J connectivity index is 2.65. The van der Waals surface area contributed by atoms with Crippen LogP contribution in [-0.2, 0) is 21.3 Å². The van der Waals surface area contributed by atoms with Crippen molar-refractivity contribution in [2.75, 3.05) is 5.75 Å². The molecule has 2 atom stereocenters. The lowest BCUT2D eigenvalue weighted by molar-refractivity contribution is -0.140. The Hall–Kier alpha value is -0.580. The fourth-order valence-electron chi connectivity index (χ4n) is 1.22. The molecule has 0 aliphatic carbocycles. The van der Waals surface area contributed by atoms with Crippen LogP contribution in [0.4, 0.5) is 0 Å². The van der Waals surface area contributed by atoms with Crippen molar-refractivity contribution in [1.82, 2.24) is 0 Å². The topological polar surface area (TPSA) is 54.4 Å². The first-order chi connectivity index (χ1) is 7.90. The van der Waals surface area contributed by atoms with Crippen molar-refractivity contribution in [3.05, 3.63) is 33.8 Å². The summed E-state index contributed by atoms with van der Waals surface area (Å²) in [6.45, 7) is 1.53. The molecule has 0 amide bonds. The van der Waals surface area contributed by atoms with Gasteiger partial charge >= 0.3 is 5.97 Å². The number of benzene rings is 1. The molecule has 94 valence electrons. The second-order valence-corrected chi connectivity index (χ2v) is 6.07. The second kappa shape index (κ2) is 6.38. The number of hydrogen-bond donors (Lipinski definition) is 1. The van der Waals surface area contributed by atoms with E-state index in [-0.39, 0.29) is 11.5 Å². The van der Waals surface area contributed by atoms with E-state index in [1.54, 1.807) is 18.2 Å². The minimum atomic E-state index is -1.25. The summed E-state index contributed by atoms with van der Waals surface area (Å²) in [6, 6.07) is 4.95. The highest BCUT2D eigenvalue weighted by Gasteiger charge is 2.15. The van der Waals surface area contributed by atoms with E-state index in [0.29, 0.717) is 15.6 Å². The van der Waals surface area contributed by atoms with Crippen molar-refractivity contribution in [3.8, 4) is 0 Å². The number of hydrogen-bond acceptors (Lipinski definition) is 2. The number of carboxylic acids is 1. The third-order valence-electron chi connectivity index (χ3n) is 2.19. The van der Waals surface area contributed by atoms with E-state index in [4.69, 9.17) is 28.3 Å². The zero-order chi connectivity index (χ0) is 13.0. The van der Waals surface area contributed by atoms with Gasteiger partial charge in [0.2, 0.25) is 0 Å². The normalized spacial score (nSPS) is 14.3. The zero-order valence-electron chi connectivity index (χ0n) is 9.15. The van der Waals surface area contributed by atoms with E-state index in [1.165, 1.54) is 6.92 Å². The summed E-state index contributed by atoms with van der Waals surface area (Å²) >= 11 is 11.7. The molecule has 1 aromatic rings. The quantitative estimate of drug-likeness (QED) is 0.908. The van der Waals surface area contributed by atoms with Crippen LogP contribution in [0.2, 0.25) is 10.0 Å². The monoisotopic (exact) mass is 294 g/mol. The van der Waals surface area contributed by atoms with Crippen molar-refractivity contribution in [1.29, 1.82) is 0 Å². The average Bonchev–Trinajstić information content (AvgIpc) is 2.22. The lowest BCUT2D eigenvalue weighted by Crippen LogP contribution is -2.18. The Kier molecular flexibility index (Phi) is 5.43. The molecule has 0 aliphatic rings. The first-order valence-corrected chi connectivity index (χ1v) is 7.16. The minimum Gasteiger partial charge on any atom is -0.481 e. The van der Waals surface area contributed by atoms with Gasteiger partial charge in [-0.2, -0.15) is 0 Å². The summed E-state index contributed by atoms with van der Waals surface area (Å²) < 4.78 is 11.7. The molecule has 0 spiro atoms. The third kappa shape index (κ3) is 4.66. The van der Waals surface area contributed by atoms with E-state index >= 15 is 0 Å². The molecule has 17 heavy (non-hydrogen) atoms. The van der Waals surface area contributed by atoms with Gasteiger partial charge in [-0.1, -0.05) is 36.2 Å². The summed E-state index contributed by atoms with van der Waals surface area (Å²) in [5.41, 5.74) is 0.715. The number of carbonyl (C=O) groups is 1. The van der Waals surface area contributed by atoms with Gasteiger partial charge in [0.15, 0.2) is 0 Å². The molecule has 0 radical (unpaired) electrons. The second-order valence-electron chi connectivity index (χ2n) is 3.73. The molecule has 0 fully saturated rings. The molecule has 0 aliphatic heterocycles. The van der Waals surface area contributed by atoms with Gasteiger partial charge in [-0.05, 0) is 17.7 Å². The molecule has 0 aromatic heterocycles. The average molecular weight is 295 g/mol. The van der Waals surface area contributed by atoms with Gasteiger partial charge in [0.05, 0.1) is 11.7 Å². The van der Waals surface area contributed by atoms with Crippen LogP contribution in [0.3, 0.4) is 0 Å². The number of halogens is 2. The van der Waals surface area contributed by atoms with E-state index in [9.17, 15) is 9.00 Å². The van der Waals surface area contributed by atoms with E-state index in [0.717, 1.165) is 0 Å². The van der Waals surface area contributed by atoms with Crippen molar-refractivity contribution in [2.45, 2.75) is 12.7 Å². The highest BCUT2D eigenvalue weighted by molar-refractivity contribution is 7.84. The van der Waals surface area contributed by atoms with Crippen LogP contribution in [-0.4, -0.2) is 21.0 Å². The molecule has 1 N–H and O–H groups in total. The van der Waals surface area contributed by atoms with Gasteiger partial charge in [-0.25, -0.2) is 0 Å². The van der Waals surface area contributed by atoms with Crippen molar-refractivity contribution in [2.24, 2.45) is 5.92 Å². The molecule has 1 rings (SSSR count). The van der Waals surface area contributed by atoms with Gasteiger partial charge in [0.1, 0.15) is 0 Å². The Bertz CT molecular complexity index is 448. The highest BCUT2D eigenvalue weighted by atomic mass is 35.5. The predicted octanol–water partition coefficient (Wildman–Crippen LogP) is 2.96. The zero-order valence-corrected chi connectivity index (χ0v) is 11.5. The largest absolute Gasteiger partial charge is 0.481 e. The first kappa shape index (κ1) is 14.5. The summed E-state index contributed by atoms with van der Waals surface area (Å²) in [6.07, 6.45) is 0. The molecule has 0 saturated heterocycles. The van der Waals surface area contributed by atoms with Crippen molar-refractivity contribution < 1.29 is 14.1 Å². The van der Waals surface area contributed by atoms with Crippen molar-refractivity contribution >= 4 is 40.0 Å². The first-order valence-electron chi connectivity index (χ1n) is 4.92. The summed E-state index contributed by atoms with van der Waals surface area (Å²) in [5.74, 6) is -1.20. The Morgan fingerprint density at radius 2 is 2.12 bits per heavy atom. The van der Waals surface area contributed by atoms with Crippen LogP contribution >= 0.6 is 23.2 Å². The summed E-state index contributed by atoms with van der Waals surface area (Å²) in [5, 5.41) is 9.68. The Labute approximate surface area is 112 Å². The lowest BCUT2D eigenvalue weighted by Gasteiger charge is -2.07. The fraction of sp³-hybridized carbons (Fsp3) is 0.364. The van der Waals surface area contributed by atoms with Gasteiger partial charge in [0, 0.05) is 26.6 Å². The van der Waals surface area contributed by atoms with Gasteiger partial charge in [-0.15, -0.1) is 0 Å². The number of rotatable bonds is 5. The van der Waals surface area contributed by atoms with Crippen LogP contribution < -0.4 is 0 Å². The standard InChI is InChI=1S/C11H12Cl2O3S/c1-7(11(14)15)5-17(16)6-8-2-3-9(12)4-10(8)13/h2-4,7H,5-6H2,1H3,(H,14,15). The molecule has 2 unspecified atom stereocenters. The number of carboxylic acid groups (broad SMARTS) is 1. The SMILES string of the molecule is CC(CS(=O)Cc1ccc(Cl)cc1Cl)C(=O)O. The molecule has 1 aromatic carbocycles. The molecule has 0 saturated carbocycles. The predicted molar refractivity (Wildman–Crippen MR) is 70.0 cm³/mol. The highest BCUT2D eigenvalue weighted by Crippen LogP contribution is 2.22. The molecule has 0 bridgehead atoms. The van der Waals surface area contributed by atoms with E-state index in [2.05, 4.69) is 0 Å². The third-order valence-corrected chi connectivity index (χ3v) is 4.28. The molecule has 6 heteroatoms. The molecule has 0 heterocycles. The van der Waals surface area contributed by atoms with Crippen LogP contribution in [0.5, 0.6) is 0 Å². The molecule has 3 nitrogen and oxygen atoms in total. The minimum absolute atomic E-state index is 0.119. The van der Waals surface area contributed by atoms with Crippen molar-refractivity contribution in [3.63, 3.8) is 0 Å². The maximum atomic E-state index is 11.7. The van der Waals surface area contributed by atoms with E-state index < -0.39 is 22.7 Å². The van der Waals surface area contributed by atoms with Gasteiger partial charge in [-0.3, -0.25) is 9.00 Å². The number of aliphatic carboxylic acids is 1. The van der Waals surface area contributed by atoms with Gasteiger partial charge in [0.25, 0.3) is 0 Å². The summed E-state index contributed by atoms with van der Waals surface area (Å²) in [4.78, 5) is 10.6. The smallest absolute Gasteiger partial charge is 0.307 e. The summed E-state index contributed by atoms with van der Waals surface area (Å²) in [7, 11) is -1.25. The fourth-order valence-corrected chi connectivity index (χ4v) is 3.19. The maximum Gasteiger partial charge on any atom is 0.307 e. The van der Waals surface area contributed by atoms with Crippen LogP contribution in [0.15, 0.2) is 18.2 Å². The van der Waals surface area contributed by atoms with Gasteiger partial charge < -0.3 is 5.11 Å². The lowest BCUT2D eigenvalue weighted by atomic mass is 10.2. The maximum absolute atomic E-state index is 11.7. The Morgan fingerprint density at radius 1 is 1.47 bits per heavy atom. The van der Waals surface area contributed by atoms with Crippen LogP contribution in [0.1, 0.15) is 12.5 Å². The van der Waals surface area contributed by atoms with Crippen LogP contribution in [0.25, 0.3) is 0 Å². The Morgan fingerprint density at radius 3 is 2.65 bits per heavy atom. The molecular weight excluding hydrogens is 283 g/mol. The van der Waals surface area contributed by atoms with Crippen LogP contribution in [0, 0.1) is 5.92 Å². The van der Waals surface area contributed by atoms with E-state index in [1.807, 2.05) is 0 Å². The molecular formula is C11H12Cl2O3S.